The normalized spacial score (nSPS) is 14.2. The van der Waals surface area contributed by atoms with Crippen molar-refractivity contribution in [2.24, 2.45) is 0 Å². The van der Waals surface area contributed by atoms with Crippen molar-refractivity contribution in [3.05, 3.63) is 78.2 Å². The van der Waals surface area contributed by atoms with Gasteiger partial charge in [0.05, 0.1) is 24.8 Å². The molecule has 1 aromatic carbocycles. The third-order valence-corrected chi connectivity index (χ3v) is 5.90. The van der Waals surface area contributed by atoms with Gasteiger partial charge in [-0.25, -0.2) is 4.98 Å². The van der Waals surface area contributed by atoms with E-state index in [2.05, 4.69) is 41.1 Å². The number of hydrogen-bond acceptors (Lipinski definition) is 4. The van der Waals surface area contributed by atoms with Crippen molar-refractivity contribution in [3.63, 3.8) is 0 Å². The van der Waals surface area contributed by atoms with E-state index < -0.39 is 0 Å². The summed E-state index contributed by atoms with van der Waals surface area (Å²) in [5.41, 5.74) is 4.05. The van der Waals surface area contributed by atoms with Crippen molar-refractivity contribution in [1.29, 1.82) is 0 Å². The quantitative estimate of drug-likeness (QED) is 0.435. The maximum Gasteiger partial charge on any atom is 0.287 e. The molecule has 1 N–H and O–H groups in total. The molecule has 0 saturated heterocycles. The monoisotopic (exact) mass is 415 g/mol. The summed E-state index contributed by atoms with van der Waals surface area (Å²) in [4.78, 5) is 17.3. The van der Waals surface area contributed by atoms with Crippen LogP contribution in [0.15, 0.2) is 70.0 Å². The highest BCUT2D eigenvalue weighted by Crippen LogP contribution is 2.39. The molecular weight excluding hydrogens is 390 g/mol. The van der Waals surface area contributed by atoms with Crippen LogP contribution in [0.25, 0.3) is 22.7 Å². The molecule has 0 bridgehead atoms. The highest BCUT2D eigenvalue weighted by Gasteiger charge is 2.25. The van der Waals surface area contributed by atoms with Gasteiger partial charge in [-0.1, -0.05) is 42.7 Å². The Kier molecular flexibility index (Phi) is 5.20. The number of amides is 1. The smallest absolute Gasteiger partial charge is 0.287 e. The van der Waals surface area contributed by atoms with E-state index in [-0.39, 0.29) is 11.7 Å². The fraction of sp³-hybridized carbons (Fsp3) is 0.280. The lowest BCUT2D eigenvalue weighted by Gasteiger charge is -2.15. The number of aromatic nitrogens is 2. The largest absolute Gasteiger partial charge is 0.467 e. The molecule has 4 aromatic rings. The van der Waals surface area contributed by atoms with E-state index in [0.29, 0.717) is 24.1 Å². The van der Waals surface area contributed by atoms with Crippen LogP contribution >= 0.6 is 0 Å². The fourth-order valence-corrected chi connectivity index (χ4v) is 4.24. The van der Waals surface area contributed by atoms with Crippen LogP contribution in [0.2, 0.25) is 0 Å². The number of carbonyl (C=O) groups excluding carboxylic acids is 1. The van der Waals surface area contributed by atoms with E-state index in [1.165, 1.54) is 18.4 Å². The molecular formula is C25H25N3O3. The number of carbonyl (C=O) groups is 1. The van der Waals surface area contributed by atoms with Crippen molar-refractivity contribution in [2.75, 3.05) is 0 Å². The molecule has 6 heteroatoms. The Balaban J connectivity index is 1.47. The van der Waals surface area contributed by atoms with E-state index in [4.69, 9.17) is 13.8 Å². The Hall–Kier alpha value is -3.54. The molecule has 1 aliphatic rings. The second-order valence-electron chi connectivity index (χ2n) is 8.08. The zero-order valence-corrected chi connectivity index (χ0v) is 17.5. The van der Waals surface area contributed by atoms with Gasteiger partial charge in [-0.3, -0.25) is 4.79 Å². The average Bonchev–Trinajstić information content (AvgIpc) is 3.58. The van der Waals surface area contributed by atoms with Gasteiger partial charge in [-0.2, -0.15) is 0 Å². The number of furan rings is 2. The second kappa shape index (κ2) is 8.30. The van der Waals surface area contributed by atoms with Gasteiger partial charge in [0.25, 0.3) is 5.91 Å². The highest BCUT2D eigenvalue weighted by atomic mass is 16.4. The zero-order chi connectivity index (χ0) is 21.2. The molecule has 3 heterocycles. The fourth-order valence-electron chi connectivity index (χ4n) is 4.24. The first-order chi connectivity index (χ1) is 15.2. The van der Waals surface area contributed by atoms with E-state index in [1.807, 2.05) is 18.5 Å². The number of benzene rings is 1. The molecule has 0 atom stereocenters. The standard InChI is InChI=1S/C25H25N3O3/c1-17-8-10-18(11-9-17)23-24(28(16-27-23)19-5-2-3-6-19)21-12-13-22(31-21)25(29)26-15-20-7-4-14-30-20/h4,7-14,16,19H,2-3,5-6,15H2,1H3,(H,26,29). The number of imidazole rings is 1. The molecule has 6 nitrogen and oxygen atoms in total. The molecule has 0 radical (unpaired) electrons. The number of hydrogen-bond donors (Lipinski definition) is 1. The van der Waals surface area contributed by atoms with E-state index in [0.717, 1.165) is 29.8 Å². The van der Waals surface area contributed by atoms with Crippen LogP contribution in [0.1, 0.15) is 53.6 Å². The van der Waals surface area contributed by atoms with Gasteiger partial charge >= 0.3 is 0 Å². The summed E-state index contributed by atoms with van der Waals surface area (Å²) < 4.78 is 13.5. The summed E-state index contributed by atoms with van der Waals surface area (Å²) in [5, 5.41) is 2.83. The van der Waals surface area contributed by atoms with Gasteiger partial charge in [-0.15, -0.1) is 0 Å². The third-order valence-electron chi connectivity index (χ3n) is 5.90. The van der Waals surface area contributed by atoms with Crippen molar-refractivity contribution < 1.29 is 13.6 Å². The third kappa shape index (κ3) is 3.93. The van der Waals surface area contributed by atoms with Gasteiger partial charge in [0.2, 0.25) is 0 Å². The summed E-state index contributed by atoms with van der Waals surface area (Å²) in [6.07, 6.45) is 8.21. The Labute approximate surface area is 180 Å². The Morgan fingerprint density at radius 3 is 2.68 bits per heavy atom. The van der Waals surface area contributed by atoms with E-state index >= 15 is 0 Å². The summed E-state index contributed by atoms with van der Waals surface area (Å²) in [6.45, 7) is 2.39. The van der Waals surface area contributed by atoms with Gasteiger partial charge in [0.15, 0.2) is 11.5 Å². The van der Waals surface area contributed by atoms with Gasteiger partial charge in [0, 0.05) is 11.6 Å². The Morgan fingerprint density at radius 1 is 1.13 bits per heavy atom. The summed E-state index contributed by atoms with van der Waals surface area (Å²) in [6, 6.07) is 15.9. The lowest BCUT2D eigenvalue weighted by molar-refractivity contribution is 0.0921. The van der Waals surface area contributed by atoms with Crippen LogP contribution in [0.5, 0.6) is 0 Å². The van der Waals surface area contributed by atoms with Crippen molar-refractivity contribution >= 4 is 5.91 Å². The SMILES string of the molecule is Cc1ccc(-c2ncn(C3CCCC3)c2-c2ccc(C(=O)NCc3ccco3)o2)cc1. The van der Waals surface area contributed by atoms with Crippen LogP contribution in [-0.4, -0.2) is 15.5 Å². The minimum absolute atomic E-state index is 0.272. The van der Waals surface area contributed by atoms with Gasteiger partial charge < -0.3 is 18.7 Å². The molecule has 0 spiro atoms. The van der Waals surface area contributed by atoms with Crippen LogP contribution in [0.3, 0.4) is 0 Å². The predicted molar refractivity (Wildman–Crippen MR) is 117 cm³/mol. The number of nitrogens with zero attached hydrogens (tertiary/aromatic N) is 2. The van der Waals surface area contributed by atoms with Crippen LogP contribution in [-0.2, 0) is 6.54 Å². The molecule has 0 unspecified atom stereocenters. The lowest BCUT2D eigenvalue weighted by Crippen LogP contribution is -2.21. The maximum absolute atomic E-state index is 12.6. The number of nitrogens with one attached hydrogen (secondary N) is 1. The van der Waals surface area contributed by atoms with E-state index in [9.17, 15) is 4.79 Å². The topological polar surface area (TPSA) is 73.2 Å². The van der Waals surface area contributed by atoms with E-state index in [1.54, 1.807) is 18.4 Å². The molecule has 5 rings (SSSR count). The molecule has 3 aromatic heterocycles. The summed E-state index contributed by atoms with van der Waals surface area (Å²) in [7, 11) is 0. The molecule has 1 fully saturated rings. The molecule has 158 valence electrons. The molecule has 1 aliphatic carbocycles. The first-order valence-corrected chi connectivity index (χ1v) is 10.7. The van der Waals surface area contributed by atoms with Crippen molar-refractivity contribution in [3.8, 4) is 22.7 Å². The van der Waals surface area contributed by atoms with Crippen LogP contribution < -0.4 is 5.32 Å². The Bertz CT molecular complexity index is 1160. The minimum atomic E-state index is -0.272. The van der Waals surface area contributed by atoms with Crippen molar-refractivity contribution in [2.45, 2.75) is 45.2 Å². The van der Waals surface area contributed by atoms with Crippen molar-refractivity contribution in [1.82, 2.24) is 14.9 Å². The van der Waals surface area contributed by atoms with Crippen LogP contribution in [0, 0.1) is 6.92 Å². The molecule has 1 amide bonds. The van der Waals surface area contributed by atoms with Crippen LogP contribution in [0.4, 0.5) is 0 Å². The maximum atomic E-state index is 12.6. The Morgan fingerprint density at radius 2 is 1.94 bits per heavy atom. The number of rotatable bonds is 6. The second-order valence-corrected chi connectivity index (χ2v) is 8.08. The predicted octanol–water partition coefficient (Wildman–Crippen LogP) is 5.76. The average molecular weight is 415 g/mol. The number of aryl methyl sites for hydroxylation is 1. The summed E-state index contributed by atoms with van der Waals surface area (Å²) >= 11 is 0. The summed E-state index contributed by atoms with van der Waals surface area (Å²) in [5.74, 6) is 1.35. The minimum Gasteiger partial charge on any atom is -0.467 e. The molecule has 1 saturated carbocycles. The zero-order valence-electron chi connectivity index (χ0n) is 17.5. The van der Waals surface area contributed by atoms with Gasteiger partial charge in [-0.05, 0) is 44.0 Å². The first-order valence-electron chi connectivity index (χ1n) is 10.7. The lowest BCUT2D eigenvalue weighted by atomic mass is 10.1. The molecule has 0 aliphatic heterocycles. The first kappa shape index (κ1) is 19.4. The molecule has 31 heavy (non-hydrogen) atoms. The highest BCUT2D eigenvalue weighted by molar-refractivity contribution is 5.92. The van der Waals surface area contributed by atoms with Gasteiger partial charge in [0.1, 0.15) is 11.5 Å².